The zero-order valence-corrected chi connectivity index (χ0v) is 10.00. The van der Waals surface area contributed by atoms with E-state index in [4.69, 9.17) is 0 Å². The highest BCUT2D eigenvalue weighted by Crippen LogP contribution is 2.38. The number of Topliss-reactive ketones (excluding diaryl/α,β-unsaturated/α-hetero) is 1. The second-order valence-electron chi connectivity index (χ2n) is 4.64. The summed E-state index contributed by atoms with van der Waals surface area (Å²) in [5.41, 5.74) is -1.97. The van der Waals surface area contributed by atoms with Gasteiger partial charge in [0.05, 0.1) is 11.8 Å². The van der Waals surface area contributed by atoms with Crippen LogP contribution in [0.25, 0.3) is 0 Å². The molecule has 2 rings (SSSR count). The molecular formula is C13H11F3N2O. The first-order valence-electron chi connectivity index (χ1n) is 5.85. The summed E-state index contributed by atoms with van der Waals surface area (Å²) in [5.74, 6) is 0.0397. The minimum atomic E-state index is -4.53. The van der Waals surface area contributed by atoms with Gasteiger partial charge in [0.15, 0.2) is 0 Å². The van der Waals surface area contributed by atoms with E-state index in [1.165, 1.54) is 12.1 Å². The molecule has 1 fully saturated rings. The number of pyridine rings is 1. The van der Waals surface area contributed by atoms with Crippen molar-refractivity contribution in [3.05, 3.63) is 29.6 Å². The van der Waals surface area contributed by atoms with Crippen molar-refractivity contribution >= 4 is 5.78 Å². The highest BCUT2D eigenvalue weighted by Gasteiger charge is 2.40. The average Bonchev–Trinajstić information content (AvgIpc) is 2.39. The first kappa shape index (κ1) is 13.5. The molecule has 0 amide bonds. The van der Waals surface area contributed by atoms with Gasteiger partial charge in [-0.25, -0.2) is 4.98 Å². The van der Waals surface area contributed by atoms with Crippen molar-refractivity contribution in [2.45, 2.75) is 37.3 Å². The van der Waals surface area contributed by atoms with Gasteiger partial charge in [0.2, 0.25) is 0 Å². The maximum atomic E-state index is 12.6. The quantitative estimate of drug-likeness (QED) is 0.786. The predicted octanol–water partition coefficient (Wildman–Crippen LogP) is 3.00. The maximum absolute atomic E-state index is 12.6. The second kappa shape index (κ2) is 4.65. The van der Waals surface area contributed by atoms with Gasteiger partial charge < -0.3 is 0 Å². The Balaban J connectivity index is 2.40. The lowest BCUT2D eigenvalue weighted by molar-refractivity contribution is -0.141. The number of carbonyl (C=O) groups excluding carboxylic acids is 1. The van der Waals surface area contributed by atoms with Crippen molar-refractivity contribution in [2.75, 3.05) is 0 Å². The third-order valence-corrected chi connectivity index (χ3v) is 3.41. The van der Waals surface area contributed by atoms with E-state index in [0.717, 1.165) is 6.07 Å². The molecular weight excluding hydrogens is 257 g/mol. The van der Waals surface area contributed by atoms with E-state index >= 15 is 0 Å². The second-order valence-corrected chi connectivity index (χ2v) is 4.64. The fourth-order valence-electron chi connectivity index (χ4n) is 2.24. The van der Waals surface area contributed by atoms with Crippen LogP contribution in [0.5, 0.6) is 0 Å². The molecule has 0 saturated heterocycles. The Morgan fingerprint density at radius 1 is 1.26 bits per heavy atom. The molecule has 100 valence electrons. The summed E-state index contributed by atoms with van der Waals surface area (Å²) in [5, 5.41) is 9.29. The van der Waals surface area contributed by atoms with Gasteiger partial charge in [-0.3, -0.25) is 4.79 Å². The Bertz CT molecular complexity index is 536. The lowest BCUT2D eigenvalue weighted by Crippen LogP contribution is -2.32. The molecule has 0 radical (unpaired) electrons. The van der Waals surface area contributed by atoms with Crippen LogP contribution < -0.4 is 0 Å². The Labute approximate surface area is 108 Å². The third kappa shape index (κ3) is 2.60. The highest BCUT2D eigenvalue weighted by atomic mass is 19.4. The van der Waals surface area contributed by atoms with Crippen molar-refractivity contribution in [3.63, 3.8) is 0 Å². The normalized spacial score (nSPS) is 18.9. The SMILES string of the molecule is N#CC1(c2cccc(C(F)(F)F)n2)CCC(=O)CC1. The third-order valence-electron chi connectivity index (χ3n) is 3.41. The molecule has 1 aromatic heterocycles. The van der Waals surface area contributed by atoms with E-state index in [2.05, 4.69) is 11.1 Å². The molecule has 1 heterocycles. The van der Waals surface area contributed by atoms with Gasteiger partial charge in [0, 0.05) is 12.8 Å². The largest absolute Gasteiger partial charge is 0.433 e. The first-order valence-corrected chi connectivity index (χ1v) is 5.85. The standard InChI is InChI=1S/C13H11F3N2O/c14-13(15,16)11-3-1-2-10(18-11)12(8-17)6-4-9(19)5-7-12/h1-3H,4-7H2. The highest BCUT2D eigenvalue weighted by molar-refractivity contribution is 5.79. The Kier molecular flexibility index (Phi) is 3.31. The van der Waals surface area contributed by atoms with Crippen LogP contribution in [0.3, 0.4) is 0 Å². The van der Waals surface area contributed by atoms with Gasteiger partial charge in [0.25, 0.3) is 0 Å². The van der Waals surface area contributed by atoms with Crippen LogP contribution in [-0.2, 0) is 16.4 Å². The summed E-state index contributed by atoms with van der Waals surface area (Å²) in [7, 11) is 0. The monoisotopic (exact) mass is 268 g/mol. The number of alkyl halides is 3. The number of halogens is 3. The van der Waals surface area contributed by atoms with Crippen molar-refractivity contribution in [2.24, 2.45) is 0 Å². The summed E-state index contributed by atoms with van der Waals surface area (Å²) in [6.07, 6.45) is -3.64. The topological polar surface area (TPSA) is 53.8 Å². The van der Waals surface area contributed by atoms with Crippen molar-refractivity contribution < 1.29 is 18.0 Å². The van der Waals surface area contributed by atoms with Crippen LogP contribution in [-0.4, -0.2) is 10.8 Å². The maximum Gasteiger partial charge on any atom is 0.433 e. The van der Waals surface area contributed by atoms with E-state index in [-0.39, 0.29) is 37.2 Å². The molecule has 1 aliphatic rings. The number of hydrogen-bond donors (Lipinski definition) is 0. The molecule has 0 aliphatic heterocycles. The van der Waals surface area contributed by atoms with Crippen LogP contribution >= 0.6 is 0 Å². The first-order chi connectivity index (χ1) is 8.87. The van der Waals surface area contributed by atoms with Gasteiger partial charge in [-0.2, -0.15) is 18.4 Å². The molecule has 6 heteroatoms. The molecule has 1 aromatic rings. The summed E-state index contributed by atoms with van der Waals surface area (Å²) < 4.78 is 37.9. The van der Waals surface area contributed by atoms with Crippen LogP contribution in [0, 0.1) is 11.3 Å². The zero-order chi connectivity index (χ0) is 14.1. The van der Waals surface area contributed by atoms with Crippen LogP contribution in [0.4, 0.5) is 13.2 Å². The fourth-order valence-corrected chi connectivity index (χ4v) is 2.24. The van der Waals surface area contributed by atoms with E-state index in [1.54, 1.807) is 0 Å². The fraction of sp³-hybridized carbons (Fsp3) is 0.462. The van der Waals surface area contributed by atoms with Crippen molar-refractivity contribution in [1.82, 2.24) is 4.98 Å². The number of nitriles is 1. The summed E-state index contributed by atoms with van der Waals surface area (Å²) in [6.45, 7) is 0. The van der Waals surface area contributed by atoms with Gasteiger partial charge in [0.1, 0.15) is 16.9 Å². The van der Waals surface area contributed by atoms with E-state index in [9.17, 15) is 23.2 Å². The molecule has 0 bridgehead atoms. The van der Waals surface area contributed by atoms with Crippen LogP contribution in [0.1, 0.15) is 37.1 Å². The average molecular weight is 268 g/mol. The van der Waals surface area contributed by atoms with Gasteiger partial charge >= 0.3 is 6.18 Å². The van der Waals surface area contributed by atoms with Gasteiger partial charge in [-0.15, -0.1) is 0 Å². The summed E-state index contributed by atoms with van der Waals surface area (Å²) in [4.78, 5) is 14.8. The zero-order valence-electron chi connectivity index (χ0n) is 10.00. The lowest BCUT2D eigenvalue weighted by atomic mass is 9.72. The van der Waals surface area contributed by atoms with E-state index in [0.29, 0.717) is 0 Å². The molecule has 0 unspecified atom stereocenters. The molecule has 1 saturated carbocycles. The number of nitrogens with zero attached hydrogens (tertiary/aromatic N) is 2. The summed E-state index contributed by atoms with van der Waals surface area (Å²) >= 11 is 0. The van der Waals surface area contributed by atoms with Crippen LogP contribution in [0.2, 0.25) is 0 Å². The lowest BCUT2D eigenvalue weighted by Gasteiger charge is -2.29. The smallest absolute Gasteiger partial charge is 0.300 e. The van der Waals surface area contributed by atoms with Gasteiger partial charge in [-0.1, -0.05) is 6.07 Å². The van der Waals surface area contributed by atoms with Gasteiger partial charge in [-0.05, 0) is 25.0 Å². The molecule has 3 nitrogen and oxygen atoms in total. The Morgan fingerprint density at radius 3 is 2.42 bits per heavy atom. The molecule has 1 aliphatic carbocycles. The van der Waals surface area contributed by atoms with Crippen molar-refractivity contribution in [1.29, 1.82) is 5.26 Å². The minimum Gasteiger partial charge on any atom is -0.300 e. The molecule has 0 atom stereocenters. The number of hydrogen-bond acceptors (Lipinski definition) is 3. The minimum absolute atomic E-state index is 0.0397. The molecule has 0 spiro atoms. The molecule has 0 aromatic carbocycles. The van der Waals surface area contributed by atoms with E-state index in [1.807, 2.05) is 0 Å². The number of carbonyl (C=O) groups is 1. The number of ketones is 1. The number of aromatic nitrogens is 1. The number of rotatable bonds is 1. The van der Waals surface area contributed by atoms with Crippen LogP contribution in [0.15, 0.2) is 18.2 Å². The Morgan fingerprint density at radius 2 is 1.89 bits per heavy atom. The molecule has 0 N–H and O–H groups in total. The van der Waals surface area contributed by atoms with Crippen molar-refractivity contribution in [3.8, 4) is 6.07 Å². The Hall–Kier alpha value is -1.90. The predicted molar refractivity (Wildman–Crippen MR) is 60.0 cm³/mol. The summed E-state index contributed by atoms with van der Waals surface area (Å²) in [6, 6.07) is 5.60. The molecule has 19 heavy (non-hydrogen) atoms. The van der Waals surface area contributed by atoms with E-state index < -0.39 is 17.3 Å².